The lowest BCUT2D eigenvalue weighted by atomic mass is 10.2. The molecule has 4 rings (SSSR count). The number of esters is 1. The number of carbonyl (C=O) groups excluding carboxylic acids is 1. The van der Waals surface area contributed by atoms with Crippen LogP contribution in [-0.2, 0) is 11.3 Å². The molecule has 2 heterocycles. The Labute approximate surface area is 167 Å². The van der Waals surface area contributed by atoms with Crippen molar-refractivity contribution >= 4 is 33.9 Å². The van der Waals surface area contributed by atoms with Crippen molar-refractivity contribution in [3.05, 3.63) is 59.9 Å². The van der Waals surface area contributed by atoms with Crippen LogP contribution < -0.4 is 10.1 Å². The van der Waals surface area contributed by atoms with Gasteiger partial charge in [0.15, 0.2) is 11.4 Å². The molecule has 0 saturated carbocycles. The fraction of sp³-hybridized carbons (Fsp3) is 0.227. The second-order valence-electron chi connectivity index (χ2n) is 6.29. The first-order valence-corrected chi connectivity index (χ1v) is 9.52. The van der Waals surface area contributed by atoms with Gasteiger partial charge in [-0.1, -0.05) is 30.3 Å². The molecule has 7 nitrogen and oxygen atoms in total. The number of ether oxygens (including phenoxy) is 2. The van der Waals surface area contributed by atoms with Gasteiger partial charge in [-0.3, -0.25) is 0 Å². The molecule has 1 N–H and O–H groups in total. The highest BCUT2D eigenvalue weighted by Crippen LogP contribution is 2.32. The molecule has 0 fully saturated rings. The first-order valence-electron chi connectivity index (χ1n) is 9.52. The lowest BCUT2D eigenvalue weighted by molar-refractivity contribution is 0.0512. The summed E-state index contributed by atoms with van der Waals surface area (Å²) in [6.07, 6.45) is 0. The van der Waals surface area contributed by atoms with Crippen molar-refractivity contribution in [1.82, 2.24) is 9.97 Å². The third kappa shape index (κ3) is 3.71. The molecule has 0 bridgehead atoms. The monoisotopic (exact) mass is 391 g/mol. The normalized spacial score (nSPS) is 11.0. The largest absolute Gasteiger partial charge is 0.494 e. The zero-order valence-corrected chi connectivity index (χ0v) is 16.3. The first-order chi connectivity index (χ1) is 14.2. The van der Waals surface area contributed by atoms with Gasteiger partial charge < -0.3 is 19.2 Å². The number of aromatic nitrogens is 2. The molecule has 0 aliphatic carbocycles. The van der Waals surface area contributed by atoms with Gasteiger partial charge in [0.1, 0.15) is 16.8 Å². The predicted molar refractivity (Wildman–Crippen MR) is 110 cm³/mol. The molecule has 148 valence electrons. The summed E-state index contributed by atoms with van der Waals surface area (Å²) in [4.78, 5) is 21.1. The minimum atomic E-state index is -0.572. The van der Waals surface area contributed by atoms with E-state index in [-0.39, 0.29) is 12.4 Å². The third-order valence-electron chi connectivity index (χ3n) is 4.40. The van der Waals surface area contributed by atoms with Crippen LogP contribution in [0.5, 0.6) is 5.75 Å². The molecular formula is C22H21N3O4. The van der Waals surface area contributed by atoms with E-state index in [0.29, 0.717) is 35.7 Å². The van der Waals surface area contributed by atoms with Gasteiger partial charge in [-0.05, 0) is 32.0 Å². The van der Waals surface area contributed by atoms with Crippen molar-refractivity contribution in [3.63, 3.8) is 0 Å². The Hall–Kier alpha value is -3.61. The van der Waals surface area contributed by atoms with E-state index < -0.39 is 5.97 Å². The maximum Gasteiger partial charge on any atom is 0.376 e. The summed E-state index contributed by atoms with van der Waals surface area (Å²) in [6, 6.07) is 15.3. The van der Waals surface area contributed by atoms with Crippen molar-refractivity contribution in [2.45, 2.75) is 20.4 Å². The standard InChI is InChI=1S/C22H21N3O4/c1-3-27-16-11-7-5-9-14(16)13-23-20-19-18(15-10-6-8-12-17(15)29-19)24-21(25-20)22(26)28-4-2/h5-12H,3-4,13H2,1-2H3,(H,23,24,25). The number of hydrogen-bond acceptors (Lipinski definition) is 7. The van der Waals surface area contributed by atoms with Crippen LogP contribution in [0.3, 0.4) is 0 Å². The molecule has 0 aliphatic heterocycles. The van der Waals surface area contributed by atoms with Crippen LogP contribution in [0.2, 0.25) is 0 Å². The van der Waals surface area contributed by atoms with E-state index >= 15 is 0 Å². The molecular weight excluding hydrogens is 370 g/mol. The van der Waals surface area contributed by atoms with Gasteiger partial charge in [0.2, 0.25) is 5.82 Å². The van der Waals surface area contributed by atoms with E-state index in [1.807, 2.05) is 55.5 Å². The topological polar surface area (TPSA) is 86.5 Å². The molecule has 0 saturated heterocycles. The van der Waals surface area contributed by atoms with Gasteiger partial charge in [-0.25, -0.2) is 14.8 Å². The number of benzene rings is 2. The summed E-state index contributed by atoms with van der Waals surface area (Å²) in [5, 5.41) is 4.08. The zero-order chi connectivity index (χ0) is 20.2. The summed E-state index contributed by atoms with van der Waals surface area (Å²) in [5.74, 6) is 0.646. The number of rotatable bonds is 7. The van der Waals surface area contributed by atoms with E-state index in [1.54, 1.807) is 6.92 Å². The van der Waals surface area contributed by atoms with Gasteiger partial charge in [-0.15, -0.1) is 0 Å². The number of hydrogen-bond donors (Lipinski definition) is 1. The quantitative estimate of drug-likeness (QED) is 0.462. The fourth-order valence-electron chi connectivity index (χ4n) is 3.12. The number of anilines is 1. The van der Waals surface area contributed by atoms with Crippen molar-refractivity contribution in [2.75, 3.05) is 18.5 Å². The highest BCUT2D eigenvalue weighted by Gasteiger charge is 2.20. The summed E-state index contributed by atoms with van der Waals surface area (Å²) in [7, 11) is 0. The Morgan fingerprint density at radius 3 is 2.66 bits per heavy atom. The molecule has 7 heteroatoms. The Bertz CT molecular complexity index is 1170. The van der Waals surface area contributed by atoms with Crippen molar-refractivity contribution in [3.8, 4) is 5.75 Å². The third-order valence-corrected chi connectivity index (χ3v) is 4.40. The van der Waals surface area contributed by atoms with Gasteiger partial charge >= 0.3 is 5.97 Å². The van der Waals surface area contributed by atoms with Crippen LogP contribution in [0, 0.1) is 0 Å². The van der Waals surface area contributed by atoms with Crippen LogP contribution in [0.4, 0.5) is 5.82 Å². The first kappa shape index (κ1) is 18.7. The van der Waals surface area contributed by atoms with E-state index in [4.69, 9.17) is 13.9 Å². The number of nitrogens with zero attached hydrogens (tertiary/aromatic N) is 2. The molecule has 0 radical (unpaired) electrons. The van der Waals surface area contributed by atoms with Crippen LogP contribution in [0.25, 0.3) is 22.1 Å². The summed E-state index contributed by atoms with van der Waals surface area (Å²) in [5.41, 5.74) is 2.71. The SMILES string of the molecule is CCOC(=O)c1nc(NCc2ccccc2OCC)c2oc3ccccc3c2n1. The Kier molecular flexibility index (Phi) is 5.29. The van der Waals surface area contributed by atoms with E-state index in [9.17, 15) is 4.79 Å². The van der Waals surface area contributed by atoms with Crippen LogP contribution in [0.1, 0.15) is 30.0 Å². The van der Waals surface area contributed by atoms with Crippen LogP contribution in [0.15, 0.2) is 52.9 Å². The van der Waals surface area contributed by atoms with Gasteiger partial charge in [0.05, 0.1) is 13.2 Å². The highest BCUT2D eigenvalue weighted by molar-refractivity contribution is 6.06. The van der Waals surface area contributed by atoms with E-state index in [0.717, 1.165) is 16.7 Å². The predicted octanol–water partition coefficient (Wildman–Crippen LogP) is 4.56. The van der Waals surface area contributed by atoms with Gasteiger partial charge in [0.25, 0.3) is 0 Å². The lowest BCUT2D eigenvalue weighted by Gasteiger charge is -2.12. The van der Waals surface area contributed by atoms with Crippen molar-refractivity contribution in [1.29, 1.82) is 0 Å². The maximum atomic E-state index is 12.3. The number of para-hydroxylation sites is 2. The fourth-order valence-corrected chi connectivity index (χ4v) is 3.12. The zero-order valence-electron chi connectivity index (χ0n) is 16.3. The minimum Gasteiger partial charge on any atom is -0.494 e. The molecule has 2 aromatic carbocycles. The van der Waals surface area contributed by atoms with E-state index in [2.05, 4.69) is 15.3 Å². The lowest BCUT2D eigenvalue weighted by Crippen LogP contribution is -2.12. The van der Waals surface area contributed by atoms with Gasteiger partial charge in [-0.2, -0.15) is 0 Å². The second kappa shape index (κ2) is 8.18. The summed E-state index contributed by atoms with van der Waals surface area (Å²) < 4.78 is 16.8. The molecule has 4 aromatic rings. The maximum absolute atomic E-state index is 12.3. The van der Waals surface area contributed by atoms with Crippen molar-refractivity contribution in [2.24, 2.45) is 0 Å². The summed E-state index contributed by atoms with van der Waals surface area (Å²) >= 11 is 0. The Morgan fingerprint density at radius 2 is 1.83 bits per heavy atom. The molecule has 0 atom stereocenters. The molecule has 0 spiro atoms. The van der Waals surface area contributed by atoms with Gasteiger partial charge in [0, 0.05) is 17.5 Å². The summed E-state index contributed by atoms with van der Waals surface area (Å²) in [6.45, 7) is 4.95. The smallest absolute Gasteiger partial charge is 0.376 e. The van der Waals surface area contributed by atoms with Crippen molar-refractivity contribution < 1.29 is 18.7 Å². The number of carbonyl (C=O) groups is 1. The number of fused-ring (bicyclic) bond motifs is 3. The minimum absolute atomic E-state index is 0.00787. The molecule has 0 unspecified atom stereocenters. The molecule has 2 aromatic heterocycles. The molecule has 29 heavy (non-hydrogen) atoms. The Morgan fingerprint density at radius 1 is 1.03 bits per heavy atom. The van der Waals surface area contributed by atoms with Crippen LogP contribution in [-0.4, -0.2) is 29.2 Å². The number of nitrogens with one attached hydrogen (secondary N) is 1. The molecule has 0 aliphatic rings. The average Bonchev–Trinajstić information content (AvgIpc) is 3.12. The number of furan rings is 1. The highest BCUT2D eigenvalue weighted by atomic mass is 16.5. The Balaban J connectivity index is 1.77. The van der Waals surface area contributed by atoms with E-state index in [1.165, 1.54) is 0 Å². The van der Waals surface area contributed by atoms with Crippen LogP contribution >= 0.6 is 0 Å². The second-order valence-corrected chi connectivity index (χ2v) is 6.29. The molecule has 0 amide bonds. The average molecular weight is 391 g/mol.